The Kier molecular flexibility index (Phi) is 2.22. The van der Waals surface area contributed by atoms with Gasteiger partial charge in [0, 0.05) is 5.56 Å². The second-order valence-electron chi connectivity index (χ2n) is 5.31. The predicted octanol–water partition coefficient (Wildman–Crippen LogP) is 2.85. The van der Waals surface area contributed by atoms with Crippen molar-refractivity contribution in [3.63, 3.8) is 0 Å². The van der Waals surface area contributed by atoms with Crippen LogP contribution >= 0.6 is 0 Å². The van der Waals surface area contributed by atoms with Gasteiger partial charge < -0.3 is 9.47 Å². The molecule has 1 spiro atoms. The Balaban J connectivity index is 1.99. The highest BCUT2D eigenvalue weighted by molar-refractivity contribution is 5.95. The standard InChI is InChI=1S/C17H14O3/c1-19-12-6-7-15-14(10-12)17(16(18)20-15)9-8-11-4-2-3-5-13(11)17/h2-7,10H,8-9H2,1H3. The second kappa shape index (κ2) is 3.85. The summed E-state index contributed by atoms with van der Waals surface area (Å²) < 4.78 is 10.8. The van der Waals surface area contributed by atoms with Gasteiger partial charge in [-0.1, -0.05) is 24.3 Å². The minimum atomic E-state index is -0.638. The van der Waals surface area contributed by atoms with E-state index in [1.165, 1.54) is 5.56 Å². The highest BCUT2D eigenvalue weighted by atomic mass is 16.5. The van der Waals surface area contributed by atoms with E-state index in [-0.39, 0.29) is 5.97 Å². The Hall–Kier alpha value is -2.29. The van der Waals surface area contributed by atoms with Crippen molar-refractivity contribution < 1.29 is 14.3 Å². The molecule has 0 radical (unpaired) electrons. The van der Waals surface area contributed by atoms with E-state index in [2.05, 4.69) is 6.07 Å². The van der Waals surface area contributed by atoms with Crippen LogP contribution in [0.2, 0.25) is 0 Å². The maximum absolute atomic E-state index is 12.6. The topological polar surface area (TPSA) is 35.5 Å². The van der Waals surface area contributed by atoms with Crippen molar-refractivity contribution in [1.82, 2.24) is 0 Å². The number of rotatable bonds is 1. The fraction of sp³-hybridized carbons (Fsp3) is 0.235. The zero-order valence-electron chi connectivity index (χ0n) is 11.2. The van der Waals surface area contributed by atoms with Crippen molar-refractivity contribution in [2.24, 2.45) is 0 Å². The van der Waals surface area contributed by atoms with Gasteiger partial charge in [-0.25, -0.2) is 0 Å². The Morgan fingerprint density at radius 3 is 2.85 bits per heavy atom. The quantitative estimate of drug-likeness (QED) is 0.588. The van der Waals surface area contributed by atoms with E-state index in [4.69, 9.17) is 9.47 Å². The molecule has 1 unspecified atom stereocenters. The zero-order chi connectivity index (χ0) is 13.7. The summed E-state index contributed by atoms with van der Waals surface area (Å²) in [6.07, 6.45) is 1.67. The summed E-state index contributed by atoms with van der Waals surface area (Å²) in [6, 6.07) is 13.7. The molecule has 3 nitrogen and oxygen atoms in total. The number of carbonyl (C=O) groups is 1. The van der Waals surface area contributed by atoms with E-state index in [1.807, 2.05) is 36.4 Å². The minimum Gasteiger partial charge on any atom is -0.497 e. The fourth-order valence-corrected chi connectivity index (χ4v) is 3.46. The van der Waals surface area contributed by atoms with Crippen LogP contribution in [0.25, 0.3) is 0 Å². The highest BCUT2D eigenvalue weighted by Crippen LogP contribution is 2.52. The summed E-state index contributed by atoms with van der Waals surface area (Å²) in [5.41, 5.74) is 2.62. The van der Waals surface area contributed by atoms with E-state index >= 15 is 0 Å². The summed E-state index contributed by atoms with van der Waals surface area (Å²) in [5.74, 6) is 1.25. The number of hydrogen-bond acceptors (Lipinski definition) is 3. The lowest BCUT2D eigenvalue weighted by molar-refractivity contribution is -0.136. The normalized spacial score (nSPS) is 22.6. The number of esters is 1. The first-order chi connectivity index (χ1) is 9.75. The molecule has 4 rings (SSSR count). The molecule has 0 bridgehead atoms. The van der Waals surface area contributed by atoms with Crippen LogP contribution in [-0.2, 0) is 16.6 Å². The minimum absolute atomic E-state index is 0.161. The van der Waals surface area contributed by atoms with Crippen molar-refractivity contribution in [2.75, 3.05) is 7.11 Å². The molecular formula is C17H14O3. The van der Waals surface area contributed by atoms with E-state index < -0.39 is 5.41 Å². The van der Waals surface area contributed by atoms with Gasteiger partial charge in [-0.05, 0) is 42.2 Å². The molecule has 0 saturated heterocycles. The van der Waals surface area contributed by atoms with Gasteiger partial charge in [0.15, 0.2) is 0 Å². The SMILES string of the molecule is COc1ccc2c(c1)C1(CCc3ccccc31)C(=O)O2. The summed E-state index contributed by atoms with van der Waals surface area (Å²) in [6.45, 7) is 0. The summed E-state index contributed by atoms with van der Waals surface area (Å²) >= 11 is 0. The van der Waals surface area contributed by atoms with Crippen LogP contribution in [0.15, 0.2) is 42.5 Å². The van der Waals surface area contributed by atoms with Gasteiger partial charge in [-0.3, -0.25) is 4.79 Å². The van der Waals surface area contributed by atoms with E-state index in [9.17, 15) is 4.79 Å². The molecule has 3 heteroatoms. The van der Waals surface area contributed by atoms with Gasteiger partial charge in [0.1, 0.15) is 16.9 Å². The molecule has 2 aliphatic rings. The number of hydrogen-bond donors (Lipinski definition) is 0. The molecule has 0 saturated carbocycles. The smallest absolute Gasteiger partial charge is 0.326 e. The Morgan fingerprint density at radius 2 is 2.00 bits per heavy atom. The molecular weight excluding hydrogens is 252 g/mol. The number of aryl methyl sites for hydroxylation is 1. The molecule has 0 fully saturated rings. The van der Waals surface area contributed by atoms with Crippen molar-refractivity contribution in [1.29, 1.82) is 0 Å². The van der Waals surface area contributed by atoms with Crippen LogP contribution < -0.4 is 9.47 Å². The van der Waals surface area contributed by atoms with Gasteiger partial charge >= 0.3 is 5.97 Å². The molecule has 100 valence electrons. The lowest BCUT2D eigenvalue weighted by atomic mass is 9.76. The monoisotopic (exact) mass is 266 g/mol. The fourth-order valence-electron chi connectivity index (χ4n) is 3.46. The highest BCUT2D eigenvalue weighted by Gasteiger charge is 2.53. The Labute approximate surface area is 117 Å². The van der Waals surface area contributed by atoms with Crippen molar-refractivity contribution >= 4 is 5.97 Å². The van der Waals surface area contributed by atoms with Gasteiger partial charge in [0.05, 0.1) is 7.11 Å². The summed E-state index contributed by atoms with van der Waals surface area (Å²) in [4.78, 5) is 12.6. The summed E-state index contributed by atoms with van der Waals surface area (Å²) in [7, 11) is 1.63. The second-order valence-corrected chi connectivity index (χ2v) is 5.31. The van der Waals surface area contributed by atoms with Crippen molar-refractivity contribution in [2.45, 2.75) is 18.3 Å². The van der Waals surface area contributed by atoms with Crippen molar-refractivity contribution in [3.8, 4) is 11.5 Å². The molecule has 20 heavy (non-hydrogen) atoms. The van der Waals surface area contributed by atoms with Crippen LogP contribution in [0.1, 0.15) is 23.1 Å². The number of fused-ring (bicyclic) bond motifs is 4. The lowest BCUT2D eigenvalue weighted by Crippen LogP contribution is -2.32. The predicted molar refractivity (Wildman–Crippen MR) is 74.2 cm³/mol. The molecule has 0 N–H and O–H groups in total. The van der Waals surface area contributed by atoms with Crippen LogP contribution in [-0.4, -0.2) is 13.1 Å². The lowest BCUT2D eigenvalue weighted by Gasteiger charge is -2.21. The van der Waals surface area contributed by atoms with Crippen LogP contribution in [0.5, 0.6) is 11.5 Å². The molecule has 2 aromatic rings. The number of ether oxygens (including phenoxy) is 2. The molecule has 0 amide bonds. The Bertz CT molecular complexity index is 720. The first-order valence-electron chi connectivity index (χ1n) is 6.75. The zero-order valence-corrected chi connectivity index (χ0v) is 11.2. The van der Waals surface area contributed by atoms with Crippen LogP contribution in [0.4, 0.5) is 0 Å². The van der Waals surface area contributed by atoms with Gasteiger partial charge in [-0.15, -0.1) is 0 Å². The molecule has 2 aromatic carbocycles. The van der Waals surface area contributed by atoms with Crippen LogP contribution in [0.3, 0.4) is 0 Å². The number of carbonyl (C=O) groups excluding carboxylic acids is 1. The molecule has 0 aromatic heterocycles. The van der Waals surface area contributed by atoms with E-state index in [1.54, 1.807) is 7.11 Å². The van der Waals surface area contributed by atoms with E-state index in [0.29, 0.717) is 5.75 Å². The third-order valence-electron chi connectivity index (χ3n) is 4.44. The molecule has 1 aliphatic carbocycles. The van der Waals surface area contributed by atoms with Gasteiger partial charge in [0.25, 0.3) is 0 Å². The van der Waals surface area contributed by atoms with Gasteiger partial charge in [-0.2, -0.15) is 0 Å². The molecule has 1 aliphatic heterocycles. The average Bonchev–Trinajstić information content (AvgIpc) is 3.00. The maximum Gasteiger partial charge on any atom is 0.326 e. The molecule has 1 atom stereocenters. The third kappa shape index (κ3) is 1.27. The Morgan fingerprint density at radius 1 is 1.15 bits per heavy atom. The van der Waals surface area contributed by atoms with Gasteiger partial charge in [0.2, 0.25) is 0 Å². The van der Waals surface area contributed by atoms with Crippen LogP contribution in [0, 0.1) is 0 Å². The average molecular weight is 266 g/mol. The first-order valence-corrected chi connectivity index (χ1v) is 6.75. The van der Waals surface area contributed by atoms with E-state index in [0.717, 1.165) is 29.7 Å². The molecule has 1 heterocycles. The first kappa shape index (κ1) is 11.5. The summed E-state index contributed by atoms with van der Waals surface area (Å²) in [5, 5.41) is 0. The van der Waals surface area contributed by atoms with Crippen molar-refractivity contribution in [3.05, 3.63) is 59.2 Å². The largest absolute Gasteiger partial charge is 0.497 e. The number of benzene rings is 2. The maximum atomic E-state index is 12.6. The number of methoxy groups -OCH3 is 1. The third-order valence-corrected chi connectivity index (χ3v) is 4.44.